The van der Waals surface area contributed by atoms with E-state index in [1.165, 1.54) is 0 Å². The molecule has 1 aliphatic carbocycles. The van der Waals surface area contributed by atoms with Gasteiger partial charge in [0.2, 0.25) is 5.91 Å². The average Bonchev–Trinajstić information content (AvgIpc) is 2.65. The Balaban J connectivity index is 1.57. The molecule has 5 nitrogen and oxygen atoms in total. The number of ether oxygens (including phenoxy) is 1. The number of morpholine rings is 1. The number of rotatable bonds is 4. The first-order chi connectivity index (χ1) is 12.9. The maximum atomic E-state index is 12.7. The Bertz CT molecular complexity index is 719. The van der Waals surface area contributed by atoms with Crippen LogP contribution in [0.2, 0.25) is 0 Å². The van der Waals surface area contributed by atoms with Crippen LogP contribution in [0, 0.1) is 0 Å². The Morgan fingerprint density at radius 1 is 1.11 bits per heavy atom. The van der Waals surface area contributed by atoms with Crippen molar-refractivity contribution < 1.29 is 14.3 Å². The fourth-order valence-electron chi connectivity index (χ4n) is 3.69. The summed E-state index contributed by atoms with van der Waals surface area (Å²) in [4.78, 5) is 26.8. The van der Waals surface area contributed by atoms with Crippen LogP contribution in [0.3, 0.4) is 0 Å². The normalized spacial score (nSPS) is 23.3. The molecule has 0 unspecified atom stereocenters. The maximum absolute atomic E-state index is 12.7. The van der Waals surface area contributed by atoms with Crippen molar-refractivity contribution in [2.45, 2.75) is 58.3 Å². The van der Waals surface area contributed by atoms with Crippen LogP contribution in [-0.2, 0) is 16.1 Å². The zero-order valence-corrected chi connectivity index (χ0v) is 16.7. The predicted octanol–water partition coefficient (Wildman–Crippen LogP) is 3.62. The predicted molar refractivity (Wildman–Crippen MR) is 106 cm³/mol. The van der Waals surface area contributed by atoms with E-state index in [1.807, 2.05) is 43.0 Å². The summed E-state index contributed by atoms with van der Waals surface area (Å²) in [5.74, 6) is -0.0668. The highest BCUT2D eigenvalue weighted by Crippen LogP contribution is 2.27. The molecule has 0 radical (unpaired) electrons. The van der Waals surface area contributed by atoms with Crippen LogP contribution < -0.4 is 5.32 Å². The first kappa shape index (κ1) is 19.9. The lowest BCUT2D eigenvalue weighted by atomic mass is 9.98. The van der Waals surface area contributed by atoms with Crippen molar-refractivity contribution in [2.75, 3.05) is 13.1 Å². The lowest BCUT2D eigenvalue weighted by Crippen LogP contribution is -2.48. The van der Waals surface area contributed by atoms with Gasteiger partial charge < -0.3 is 15.0 Å². The van der Waals surface area contributed by atoms with Gasteiger partial charge in [0, 0.05) is 35.8 Å². The minimum atomic E-state index is -0.0869. The summed E-state index contributed by atoms with van der Waals surface area (Å²) in [6.45, 7) is 5.60. The molecule has 1 N–H and O–H groups in total. The molecule has 0 saturated carbocycles. The number of hydrogen-bond acceptors (Lipinski definition) is 3. The topological polar surface area (TPSA) is 58.6 Å². The zero-order valence-electron chi connectivity index (χ0n) is 16.0. The Morgan fingerprint density at radius 2 is 1.74 bits per heavy atom. The van der Waals surface area contributed by atoms with Crippen LogP contribution in [0.4, 0.5) is 0 Å². The fraction of sp³-hybridized carbons (Fsp3) is 0.524. The van der Waals surface area contributed by atoms with Gasteiger partial charge in [0.25, 0.3) is 5.91 Å². The van der Waals surface area contributed by atoms with E-state index in [0.717, 1.165) is 31.2 Å². The molecule has 27 heavy (non-hydrogen) atoms. The maximum Gasteiger partial charge on any atom is 0.254 e. The van der Waals surface area contributed by atoms with Crippen LogP contribution in [0.15, 0.2) is 34.9 Å². The Hall–Kier alpha value is -1.85. The van der Waals surface area contributed by atoms with Crippen molar-refractivity contribution in [2.24, 2.45) is 0 Å². The quantitative estimate of drug-likeness (QED) is 0.854. The smallest absolute Gasteiger partial charge is 0.254 e. The second kappa shape index (κ2) is 8.89. The van der Waals surface area contributed by atoms with Gasteiger partial charge in [0.05, 0.1) is 12.2 Å². The molecule has 0 aromatic heterocycles. The van der Waals surface area contributed by atoms with Crippen molar-refractivity contribution >= 4 is 23.4 Å². The van der Waals surface area contributed by atoms with Crippen molar-refractivity contribution in [3.8, 4) is 0 Å². The summed E-state index contributed by atoms with van der Waals surface area (Å²) in [6.07, 6.45) is 3.69. The molecule has 6 heteroatoms. The fourth-order valence-corrected chi connectivity index (χ4v) is 4.00. The molecule has 2 atom stereocenters. The summed E-state index contributed by atoms with van der Waals surface area (Å²) >= 11 is 6.18. The minimum absolute atomic E-state index is 0.0201. The Kier molecular flexibility index (Phi) is 6.55. The third-order valence-electron chi connectivity index (χ3n) is 5.04. The second-order valence-electron chi connectivity index (χ2n) is 7.44. The number of carbonyl (C=O) groups is 2. The number of carbonyl (C=O) groups excluding carboxylic acids is 2. The van der Waals surface area contributed by atoms with E-state index in [2.05, 4.69) is 5.32 Å². The Morgan fingerprint density at radius 3 is 2.37 bits per heavy atom. The molecule has 0 spiro atoms. The number of nitrogens with zero attached hydrogens (tertiary/aromatic N) is 1. The van der Waals surface area contributed by atoms with Crippen molar-refractivity contribution in [3.63, 3.8) is 0 Å². The molecule has 1 fully saturated rings. The molecule has 1 aliphatic heterocycles. The van der Waals surface area contributed by atoms with Gasteiger partial charge in [-0.2, -0.15) is 0 Å². The van der Waals surface area contributed by atoms with Gasteiger partial charge >= 0.3 is 0 Å². The van der Waals surface area contributed by atoms with Gasteiger partial charge in [-0.1, -0.05) is 23.7 Å². The van der Waals surface area contributed by atoms with Crippen LogP contribution in [-0.4, -0.2) is 42.0 Å². The SMILES string of the molecule is C[C@@H]1CN(C(=O)c2ccc(CNC(=O)C3=C(Cl)CCCC3)cc2)C[C@H](C)O1. The molecule has 1 aromatic rings. The molecule has 2 aliphatic rings. The van der Waals surface area contributed by atoms with E-state index < -0.39 is 0 Å². The van der Waals surface area contributed by atoms with E-state index in [4.69, 9.17) is 16.3 Å². The summed E-state index contributed by atoms with van der Waals surface area (Å²) in [6, 6.07) is 7.41. The van der Waals surface area contributed by atoms with Gasteiger partial charge in [-0.25, -0.2) is 0 Å². The first-order valence-corrected chi connectivity index (χ1v) is 10.0. The molecule has 3 rings (SSSR count). The molecular weight excluding hydrogens is 364 g/mol. The third-order valence-corrected chi connectivity index (χ3v) is 5.45. The largest absolute Gasteiger partial charge is 0.372 e. The lowest BCUT2D eigenvalue weighted by molar-refractivity contribution is -0.117. The van der Waals surface area contributed by atoms with Crippen LogP contribution >= 0.6 is 11.6 Å². The number of hydrogen-bond donors (Lipinski definition) is 1. The first-order valence-electron chi connectivity index (χ1n) is 9.63. The number of halogens is 1. The number of benzene rings is 1. The summed E-state index contributed by atoms with van der Waals surface area (Å²) < 4.78 is 5.69. The number of allylic oxidation sites excluding steroid dienone is 1. The molecule has 146 valence electrons. The molecule has 1 saturated heterocycles. The molecule has 1 heterocycles. The average molecular weight is 391 g/mol. The van der Waals surface area contributed by atoms with Gasteiger partial charge in [-0.15, -0.1) is 0 Å². The molecular formula is C21H27ClN2O3. The van der Waals surface area contributed by atoms with E-state index in [1.54, 1.807) is 0 Å². The van der Waals surface area contributed by atoms with E-state index >= 15 is 0 Å². The third kappa shape index (κ3) is 5.11. The van der Waals surface area contributed by atoms with Crippen LogP contribution in [0.5, 0.6) is 0 Å². The van der Waals surface area contributed by atoms with Gasteiger partial charge in [0.1, 0.15) is 0 Å². The molecule has 2 amide bonds. The minimum Gasteiger partial charge on any atom is -0.372 e. The van der Waals surface area contributed by atoms with Crippen LogP contribution in [0.1, 0.15) is 55.5 Å². The molecule has 0 bridgehead atoms. The van der Waals surface area contributed by atoms with Crippen molar-refractivity contribution in [1.82, 2.24) is 10.2 Å². The number of nitrogens with one attached hydrogen (secondary N) is 1. The highest BCUT2D eigenvalue weighted by atomic mass is 35.5. The van der Waals surface area contributed by atoms with Crippen LogP contribution in [0.25, 0.3) is 0 Å². The Labute approximate surface area is 165 Å². The monoisotopic (exact) mass is 390 g/mol. The van der Waals surface area contributed by atoms with Crippen molar-refractivity contribution in [1.29, 1.82) is 0 Å². The highest BCUT2D eigenvalue weighted by molar-refractivity contribution is 6.32. The van der Waals surface area contributed by atoms with Gasteiger partial charge in [-0.3, -0.25) is 9.59 Å². The van der Waals surface area contributed by atoms with Gasteiger partial charge in [0.15, 0.2) is 0 Å². The van der Waals surface area contributed by atoms with E-state index in [9.17, 15) is 9.59 Å². The summed E-state index contributed by atoms with van der Waals surface area (Å²) in [5.41, 5.74) is 2.32. The van der Waals surface area contributed by atoms with Gasteiger partial charge in [-0.05, 0) is 57.2 Å². The number of amides is 2. The van der Waals surface area contributed by atoms with E-state index in [-0.39, 0.29) is 24.0 Å². The standard InChI is InChI=1S/C21H27ClN2O3/c1-14-12-24(13-15(2)27-14)21(26)17-9-7-16(8-10-17)11-23-20(25)18-5-3-4-6-19(18)22/h7-10,14-15H,3-6,11-13H2,1-2H3,(H,23,25)/t14-,15+. The zero-order chi connectivity index (χ0) is 19.4. The highest BCUT2D eigenvalue weighted by Gasteiger charge is 2.26. The molecule has 1 aromatic carbocycles. The van der Waals surface area contributed by atoms with Crippen molar-refractivity contribution in [3.05, 3.63) is 46.0 Å². The summed E-state index contributed by atoms with van der Waals surface area (Å²) in [7, 11) is 0. The lowest BCUT2D eigenvalue weighted by Gasteiger charge is -2.35. The summed E-state index contributed by atoms with van der Waals surface area (Å²) in [5, 5.41) is 3.62. The second-order valence-corrected chi connectivity index (χ2v) is 7.89. The van der Waals surface area contributed by atoms with E-state index in [0.29, 0.717) is 35.8 Å².